The number of carbonyl (C=O) groups is 1. The SMILES string of the molecule is COC(=O)C[C@H](N)c1cc(F)cc(OC)c1O.Cl. The molecule has 0 unspecified atom stereocenters. The molecule has 102 valence electrons. The van der Waals surface area contributed by atoms with Crippen LogP contribution in [0.3, 0.4) is 0 Å². The lowest BCUT2D eigenvalue weighted by Crippen LogP contribution is -2.16. The van der Waals surface area contributed by atoms with Crippen LogP contribution in [-0.2, 0) is 9.53 Å². The lowest BCUT2D eigenvalue weighted by molar-refractivity contribution is -0.141. The largest absolute Gasteiger partial charge is 0.504 e. The first kappa shape index (κ1) is 16.5. The van der Waals surface area contributed by atoms with Crippen LogP contribution in [-0.4, -0.2) is 25.3 Å². The molecule has 3 N–H and O–H groups in total. The molecule has 5 nitrogen and oxygen atoms in total. The average Bonchev–Trinajstić information content (AvgIpc) is 2.31. The number of methoxy groups -OCH3 is 2. The first-order valence-corrected chi connectivity index (χ1v) is 4.88. The molecule has 1 atom stereocenters. The van der Waals surface area contributed by atoms with Crippen molar-refractivity contribution in [3.05, 3.63) is 23.5 Å². The number of ether oxygens (including phenoxy) is 2. The summed E-state index contributed by atoms with van der Waals surface area (Å²) in [6.07, 6.45) is -0.156. The van der Waals surface area contributed by atoms with Crippen LogP contribution < -0.4 is 10.5 Å². The monoisotopic (exact) mass is 279 g/mol. The van der Waals surface area contributed by atoms with Gasteiger partial charge in [-0.3, -0.25) is 4.79 Å². The van der Waals surface area contributed by atoms with Crippen molar-refractivity contribution in [3.63, 3.8) is 0 Å². The minimum Gasteiger partial charge on any atom is -0.504 e. The first-order valence-electron chi connectivity index (χ1n) is 4.88. The molecule has 1 aromatic rings. The molecule has 0 aliphatic heterocycles. The zero-order valence-corrected chi connectivity index (χ0v) is 10.8. The van der Waals surface area contributed by atoms with Crippen LogP contribution in [0, 0.1) is 5.82 Å². The van der Waals surface area contributed by atoms with Crippen molar-refractivity contribution < 1.29 is 23.8 Å². The Kier molecular flexibility index (Phi) is 6.43. The van der Waals surface area contributed by atoms with Gasteiger partial charge >= 0.3 is 5.97 Å². The molecule has 18 heavy (non-hydrogen) atoms. The van der Waals surface area contributed by atoms with E-state index >= 15 is 0 Å². The summed E-state index contributed by atoms with van der Waals surface area (Å²) >= 11 is 0. The number of carbonyl (C=O) groups excluding carboxylic acids is 1. The van der Waals surface area contributed by atoms with E-state index in [0.29, 0.717) is 0 Å². The third-order valence-corrected chi connectivity index (χ3v) is 2.30. The molecule has 0 aliphatic rings. The van der Waals surface area contributed by atoms with Crippen LogP contribution in [0.5, 0.6) is 11.5 Å². The van der Waals surface area contributed by atoms with Gasteiger partial charge in [0.2, 0.25) is 0 Å². The normalized spacial score (nSPS) is 11.3. The van der Waals surface area contributed by atoms with Gasteiger partial charge in [0.1, 0.15) is 5.82 Å². The summed E-state index contributed by atoms with van der Waals surface area (Å²) < 4.78 is 22.4. The molecule has 0 saturated carbocycles. The fraction of sp³-hybridized carbons (Fsp3) is 0.364. The number of hydrogen-bond acceptors (Lipinski definition) is 5. The molecule has 0 saturated heterocycles. The van der Waals surface area contributed by atoms with Crippen molar-refractivity contribution in [2.45, 2.75) is 12.5 Å². The zero-order chi connectivity index (χ0) is 13.0. The number of rotatable bonds is 4. The van der Waals surface area contributed by atoms with E-state index in [9.17, 15) is 14.3 Å². The van der Waals surface area contributed by atoms with E-state index in [1.54, 1.807) is 0 Å². The third-order valence-electron chi connectivity index (χ3n) is 2.30. The van der Waals surface area contributed by atoms with Gasteiger partial charge in [0.05, 0.1) is 20.6 Å². The van der Waals surface area contributed by atoms with Crippen LogP contribution in [0.15, 0.2) is 12.1 Å². The lowest BCUT2D eigenvalue weighted by Gasteiger charge is -2.14. The molecular formula is C11H15ClFNO4. The van der Waals surface area contributed by atoms with Gasteiger partial charge in [-0.05, 0) is 6.07 Å². The van der Waals surface area contributed by atoms with Crippen molar-refractivity contribution in [2.24, 2.45) is 5.73 Å². The summed E-state index contributed by atoms with van der Waals surface area (Å²) in [4.78, 5) is 11.0. The van der Waals surface area contributed by atoms with Crippen molar-refractivity contribution in [2.75, 3.05) is 14.2 Å². The maximum Gasteiger partial charge on any atom is 0.307 e. The summed E-state index contributed by atoms with van der Waals surface area (Å²) in [7, 11) is 2.52. The van der Waals surface area contributed by atoms with Crippen molar-refractivity contribution >= 4 is 18.4 Å². The van der Waals surface area contributed by atoms with Gasteiger partial charge in [0.25, 0.3) is 0 Å². The molecule has 0 aliphatic carbocycles. The second-order valence-electron chi connectivity index (χ2n) is 3.43. The molecule has 0 aromatic heterocycles. The number of nitrogens with two attached hydrogens (primary N) is 1. The summed E-state index contributed by atoms with van der Waals surface area (Å²) in [6.45, 7) is 0. The molecule has 0 fully saturated rings. The Morgan fingerprint density at radius 1 is 1.50 bits per heavy atom. The maximum absolute atomic E-state index is 13.2. The number of phenols is 1. The standard InChI is InChI=1S/C11H14FNO4.ClH/c1-16-9-4-6(12)3-7(11(9)15)8(13)5-10(14)17-2;/h3-4,8,15H,5,13H2,1-2H3;1H/t8-;/m0./s1. The predicted molar refractivity (Wildman–Crippen MR) is 65.4 cm³/mol. The van der Waals surface area contributed by atoms with Crippen LogP contribution >= 0.6 is 12.4 Å². The van der Waals surface area contributed by atoms with Gasteiger partial charge in [0.15, 0.2) is 11.5 Å². The number of aromatic hydroxyl groups is 1. The second kappa shape index (κ2) is 7.03. The molecule has 0 heterocycles. The Morgan fingerprint density at radius 3 is 2.61 bits per heavy atom. The Hall–Kier alpha value is -1.53. The Labute approximate surface area is 110 Å². The van der Waals surface area contributed by atoms with Crippen LogP contribution in [0.1, 0.15) is 18.0 Å². The topological polar surface area (TPSA) is 81.8 Å². The lowest BCUT2D eigenvalue weighted by atomic mass is 10.0. The summed E-state index contributed by atoms with van der Waals surface area (Å²) in [5.41, 5.74) is 5.79. The van der Waals surface area contributed by atoms with E-state index < -0.39 is 17.8 Å². The van der Waals surface area contributed by atoms with Gasteiger partial charge in [-0.15, -0.1) is 12.4 Å². The number of phenolic OH excluding ortho intramolecular Hbond substituents is 1. The smallest absolute Gasteiger partial charge is 0.307 e. The van der Waals surface area contributed by atoms with Crippen molar-refractivity contribution in [1.82, 2.24) is 0 Å². The van der Waals surface area contributed by atoms with Crippen LogP contribution in [0.2, 0.25) is 0 Å². The van der Waals surface area contributed by atoms with E-state index in [1.165, 1.54) is 14.2 Å². The van der Waals surface area contributed by atoms with E-state index in [0.717, 1.165) is 12.1 Å². The third kappa shape index (κ3) is 3.75. The fourth-order valence-corrected chi connectivity index (χ4v) is 1.41. The van der Waals surface area contributed by atoms with Gasteiger partial charge in [-0.25, -0.2) is 4.39 Å². The van der Waals surface area contributed by atoms with Crippen LogP contribution in [0.4, 0.5) is 4.39 Å². The molecule has 0 bridgehead atoms. The molecule has 0 spiro atoms. The number of benzene rings is 1. The Bertz CT molecular complexity index is 428. The predicted octanol–water partition coefficient (Wildman–Crippen LogP) is 1.52. The van der Waals surface area contributed by atoms with Gasteiger partial charge in [0, 0.05) is 17.7 Å². The van der Waals surface area contributed by atoms with Crippen molar-refractivity contribution in [1.29, 1.82) is 0 Å². The number of hydrogen-bond donors (Lipinski definition) is 2. The number of halogens is 2. The minimum absolute atomic E-state index is 0. The van der Waals surface area contributed by atoms with Gasteiger partial charge < -0.3 is 20.3 Å². The molecular weight excluding hydrogens is 265 g/mol. The minimum atomic E-state index is -0.855. The summed E-state index contributed by atoms with van der Waals surface area (Å²) in [5.74, 6) is -1.44. The Morgan fingerprint density at radius 2 is 2.11 bits per heavy atom. The van der Waals surface area contributed by atoms with E-state index in [4.69, 9.17) is 10.5 Å². The zero-order valence-electron chi connectivity index (χ0n) is 9.97. The Balaban J connectivity index is 0.00000289. The first-order chi connectivity index (χ1) is 7.99. The number of esters is 1. The summed E-state index contributed by atoms with van der Waals surface area (Å²) in [5, 5.41) is 9.75. The highest BCUT2D eigenvalue weighted by atomic mass is 35.5. The van der Waals surface area contributed by atoms with Gasteiger partial charge in [-0.2, -0.15) is 0 Å². The van der Waals surface area contributed by atoms with Crippen LogP contribution in [0.25, 0.3) is 0 Å². The van der Waals surface area contributed by atoms with E-state index in [2.05, 4.69) is 4.74 Å². The van der Waals surface area contributed by atoms with Gasteiger partial charge in [-0.1, -0.05) is 0 Å². The quantitative estimate of drug-likeness (QED) is 0.817. The molecule has 1 aromatic carbocycles. The van der Waals surface area contributed by atoms with E-state index in [-0.39, 0.29) is 35.9 Å². The highest BCUT2D eigenvalue weighted by Crippen LogP contribution is 2.34. The summed E-state index contributed by atoms with van der Waals surface area (Å²) in [6, 6.07) is 1.24. The molecule has 0 radical (unpaired) electrons. The molecule has 1 rings (SSSR count). The highest BCUT2D eigenvalue weighted by molar-refractivity contribution is 5.85. The highest BCUT2D eigenvalue weighted by Gasteiger charge is 2.19. The average molecular weight is 280 g/mol. The molecule has 7 heteroatoms. The van der Waals surface area contributed by atoms with E-state index in [1.807, 2.05) is 0 Å². The fourth-order valence-electron chi connectivity index (χ4n) is 1.41. The second-order valence-corrected chi connectivity index (χ2v) is 3.43. The van der Waals surface area contributed by atoms with Crippen molar-refractivity contribution in [3.8, 4) is 11.5 Å². The maximum atomic E-state index is 13.2. The molecule has 0 amide bonds.